The molecule has 0 unspecified atom stereocenters. The molecule has 0 spiro atoms. The fourth-order valence-electron chi connectivity index (χ4n) is 2.95. The number of likely N-dealkylation sites (tertiary alicyclic amines) is 1. The maximum absolute atomic E-state index is 12.6. The summed E-state index contributed by atoms with van der Waals surface area (Å²) in [5.74, 6) is -0.221. The van der Waals surface area contributed by atoms with Crippen LogP contribution >= 0.6 is 0 Å². The second-order valence-corrected chi connectivity index (χ2v) is 5.84. The van der Waals surface area contributed by atoms with Crippen molar-refractivity contribution in [1.82, 2.24) is 14.5 Å². The third kappa shape index (κ3) is 3.48. The van der Waals surface area contributed by atoms with E-state index in [2.05, 4.69) is 4.98 Å². The number of aromatic nitrogens is 2. The van der Waals surface area contributed by atoms with E-state index in [0.29, 0.717) is 38.1 Å². The number of piperidine rings is 1. The van der Waals surface area contributed by atoms with E-state index in [1.165, 1.54) is 0 Å². The van der Waals surface area contributed by atoms with Gasteiger partial charge >= 0.3 is 5.97 Å². The van der Waals surface area contributed by atoms with Gasteiger partial charge in [0.2, 0.25) is 0 Å². The van der Waals surface area contributed by atoms with Gasteiger partial charge in [-0.3, -0.25) is 9.59 Å². The molecule has 6 heteroatoms. The Hall–Kier alpha value is -2.63. The molecule has 0 aliphatic carbocycles. The molecule has 1 aromatic heterocycles. The molecule has 0 bridgehead atoms. The van der Waals surface area contributed by atoms with Crippen LogP contribution in [0.25, 0.3) is 5.69 Å². The van der Waals surface area contributed by atoms with Crippen molar-refractivity contribution in [3.63, 3.8) is 0 Å². The zero-order valence-corrected chi connectivity index (χ0v) is 13.7. The maximum atomic E-state index is 12.6. The van der Waals surface area contributed by atoms with Gasteiger partial charge in [0.05, 0.1) is 18.9 Å². The first-order valence-corrected chi connectivity index (χ1v) is 8.23. The van der Waals surface area contributed by atoms with Gasteiger partial charge in [0.15, 0.2) is 0 Å². The maximum Gasteiger partial charge on any atom is 0.309 e. The molecule has 0 saturated carbocycles. The zero-order chi connectivity index (χ0) is 16.9. The minimum atomic E-state index is -0.144. The van der Waals surface area contributed by atoms with Gasteiger partial charge in [-0.1, -0.05) is 0 Å². The molecule has 1 aromatic carbocycles. The molecule has 0 N–H and O–H groups in total. The van der Waals surface area contributed by atoms with Crippen LogP contribution in [0.4, 0.5) is 0 Å². The van der Waals surface area contributed by atoms with Crippen molar-refractivity contribution < 1.29 is 14.3 Å². The van der Waals surface area contributed by atoms with E-state index in [1.807, 2.05) is 46.9 Å². The average molecular weight is 327 g/mol. The highest BCUT2D eigenvalue weighted by Crippen LogP contribution is 2.21. The van der Waals surface area contributed by atoms with E-state index in [9.17, 15) is 9.59 Å². The van der Waals surface area contributed by atoms with Crippen LogP contribution in [0.2, 0.25) is 0 Å². The Bertz CT molecular complexity index is 687. The Labute approximate surface area is 141 Å². The molecule has 24 heavy (non-hydrogen) atoms. The molecule has 1 fully saturated rings. The summed E-state index contributed by atoms with van der Waals surface area (Å²) in [6.45, 7) is 3.39. The monoisotopic (exact) mass is 327 g/mol. The number of benzene rings is 1. The Balaban J connectivity index is 1.60. The number of esters is 1. The Morgan fingerprint density at radius 2 is 1.92 bits per heavy atom. The molecule has 1 aliphatic heterocycles. The summed E-state index contributed by atoms with van der Waals surface area (Å²) >= 11 is 0. The number of amides is 1. The number of rotatable bonds is 4. The summed E-state index contributed by atoms with van der Waals surface area (Å²) in [6, 6.07) is 7.46. The third-order valence-corrected chi connectivity index (χ3v) is 4.32. The Morgan fingerprint density at radius 1 is 1.21 bits per heavy atom. The predicted molar refractivity (Wildman–Crippen MR) is 88.8 cm³/mol. The molecular weight excluding hydrogens is 306 g/mol. The van der Waals surface area contributed by atoms with E-state index < -0.39 is 0 Å². The zero-order valence-electron chi connectivity index (χ0n) is 13.7. The van der Waals surface area contributed by atoms with Crippen LogP contribution in [0.5, 0.6) is 0 Å². The van der Waals surface area contributed by atoms with Crippen LogP contribution in [0.1, 0.15) is 30.1 Å². The van der Waals surface area contributed by atoms with Gasteiger partial charge in [-0.15, -0.1) is 0 Å². The standard InChI is InChI=1S/C18H21N3O3/c1-2-24-18(23)15-7-10-20(11-8-15)17(22)14-3-5-16(6-4-14)21-12-9-19-13-21/h3-6,9,12-13,15H,2,7-8,10-11H2,1H3. The number of carbonyl (C=O) groups excluding carboxylic acids is 2. The minimum Gasteiger partial charge on any atom is -0.466 e. The first-order chi connectivity index (χ1) is 11.7. The average Bonchev–Trinajstić information content (AvgIpc) is 3.16. The van der Waals surface area contributed by atoms with Crippen LogP contribution in [0, 0.1) is 5.92 Å². The normalized spacial score (nSPS) is 15.3. The van der Waals surface area contributed by atoms with Crippen LogP contribution < -0.4 is 0 Å². The lowest BCUT2D eigenvalue weighted by atomic mass is 9.96. The van der Waals surface area contributed by atoms with Crippen LogP contribution in [-0.4, -0.2) is 46.0 Å². The van der Waals surface area contributed by atoms with Crippen molar-refractivity contribution in [2.45, 2.75) is 19.8 Å². The molecule has 126 valence electrons. The predicted octanol–water partition coefficient (Wildman–Crippen LogP) is 2.29. The van der Waals surface area contributed by atoms with Gasteiger partial charge in [-0.25, -0.2) is 4.98 Å². The van der Waals surface area contributed by atoms with Crippen LogP contribution in [0.3, 0.4) is 0 Å². The third-order valence-electron chi connectivity index (χ3n) is 4.32. The van der Waals surface area contributed by atoms with Gasteiger partial charge in [-0.05, 0) is 44.0 Å². The molecular formula is C18H21N3O3. The van der Waals surface area contributed by atoms with E-state index in [-0.39, 0.29) is 17.8 Å². The highest BCUT2D eigenvalue weighted by Gasteiger charge is 2.28. The Kier molecular flexibility index (Phi) is 4.93. The van der Waals surface area contributed by atoms with Crippen molar-refractivity contribution in [3.8, 4) is 5.69 Å². The lowest BCUT2D eigenvalue weighted by Crippen LogP contribution is -2.40. The number of hydrogen-bond acceptors (Lipinski definition) is 4. The summed E-state index contributed by atoms with van der Waals surface area (Å²) in [5.41, 5.74) is 1.62. The number of nitrogens with zero attached hydrogens (tertiary/aromatic N) is 3. The summed E-state index contributed by atoms with van der Waals surface area (Å²) in [5, 5.41) is 0. The van der Waals surface area contributed by atoms with Gasteiger partial charge in [0.1, 0.15) is 0 Å². The summed E-state index contributed by atoms with van der Waals surface area (Å²) < 4.78 is 6.95. The molecule has 2 heterocycles. The molecule has 1 amide bonds. The van der Waals surface area contributed by atoms with Gasteiger partial charge in [0, 0.05) is 36.7 Å². The first-order valence-electron chi connectivity index (χ1n) is 8.23. The van der Waals surface area contributed by atoms with Crippen molar-refractivity contribution in [2.24, 2.45) is 5.92 Å². The molecule has 0 atom stereocenters. The van der Waals surface area contributed by atoms with E-state index >= 15 is 0 Å². The summed E-state index contributed by atoms with van der Waals surface area (Å²) in [6.07, 6.45) is 6.62. The van der Waals surface area contributed by atoms with Crippen molar-refractivity contribution in [1.29, 1.82) is 0 Å². The smallest absolute Gasteiger partial charge is 0.309 e. The van der Waals surface area contributed by atoms with Crippen LogP contribution in [-0.2, 0) is 9.53 Å². The number of hydrogen-bond donors (Lipinski definition) is 0. The molecule has 6 nitrogen and oxygen atoms in total. The molecule has 3 rings (SSSR count). The molecule has 1 aliphatic rings. The molecule has 1 saturated heterocycles. The number of ether oxygens (including phenoxy) is 1. The van der Waals surface area contributed by atoms with Crippen molar-refractivity contribution >= 4 is 11.9 Å². The molecule has 0 radical (unpaired) electrons. The lowest BCUT2D eigenvalue weighted by molar-refractivity contribution is -0.149. The summed E-state index contributed by atoms with van der Waals surface area (Å²) in [4.78, 5) is 30.2. The lowest BCUT2D eigenvalue weighted by Gasteiger charge is -2.31. The fraction of sp³-hybridized carbons (Fsp3) is 0.389. The highest BCUT2D eigenvalue weighted by atomic mass is 16.5. The largest absolute Gasteiger partial charge is 0.466 e. The first kappa shape index (κ1) is 16.2. The minimum absolute atomic E-state index is 0.00879. The summed E-state index contributed by atoms with van der Waals surface area (Å²) in [7, 11) is 0. The van der Waals surface area contributed by atoms with Gasteiger partial charge in [0.25, 0.3) is 5.91 Å². The quantitative estimate of drug-likeness (QED) is 0.808. The van der Waals surface area contributed by atoms with E-state index in [0.717, 1.165) is 5.69 Å². The second-order valence-electron chi connectivity index (χ2n) is 5.84. The topological polar surface area (TPSA) is 64.4 Å². The van der Waals surface area contributed by atoms with E-state index in [1.54, 1.807) is 12.5 Å². The number of imidazole rings is 1. The van der Waals surface area contributed by atoms with Crippen LogP contribution in [0.15, 0.2) is 43.0 Å². The van der Waals surface area contributed by atoms with Crippen molar-refractivity contribution in [2.75, 3.05) is 19.7 Å². The van der Waals surface area contributed by atoms with Gasteiger partial charge < -0.3 is 14.2 Å². The second kappa shape index (κ2) is 7.29. The molecule has 2 aromatic rings. The van der Waals surface area contributed by atoms with E-state index in [4.69, 9.17) is 4.74 Å². The SMILES string of the molecule is CCOC(=O)C1CCN(C(=O)c2ccc(-n3ccnc3)cc2)CC1. The fourth-order valence-corrected chi connectivity index (χ4v) is 2.95. The van der Waals surface area contributed by atoms with Gasteiger partial charge in [-0.2, -0.15) is 0 Å². The Morgan fingerprint density at radius 3 is 2.50 bits per heavy atom. The highest BCUT2D eigenvalue weighted by molar-refractivity contribution is 5.94. The number of carbonyl (C=O) groups is 2. The van der Waals surface area contributed by atoms with Crippen molar-refractivity contribution in [3.05, 3.63) is 48.5 Å².